The maximum atomic E-state index is 5.77. The Hall–Kier alpha value is -1.52. The summed E-state index contributed by atoms with van der Waals surface area (Å²) in [5.74, 6) is 3.46. The van der Waals surface area contributed by atoms with Gasteiger partial charge in [-0.15, -0.1) is 0 Å². The third kappa shape index (κ3) is 4.24. The molecule has 0 radical (unpaired) electrons. The van der Waals surface area contributed by atoms with Gasteiger partial charge in [-0.1, -0.05) is 18.2 Å². The molecule has 3 rings (SSSR count). The summed E-state index contributed by atoms with van der Waals surface area (Å²) in [7, 11) is 2.22. The van der Waals surface area contributed by atoms with Crippen molar-refractivity contribution in [2.45, 2.75) is 25.6 Å². The molecule has 0 N–H and O–H groups in total. The third-order valence-electron chi connectivity index (χ3n) is 4.00. The summed E-state index contributed by atoms with van der Waals surface area (Å²) in [6, 6.07) is 15.0. The fraction of sp³-hybridized carbons (Fsp3) is 0.389. The van der Waals surface area contributed by atoms with Crippen molar-refractivity contribution >= 4 is 11.8 Å². The molecule has 1 unspecified atom stereocenters. The molecule has 0 aliphatic carbocycles. The van der Waals surface area contributed by atoms with Crippen molar-refractivity contribution in [3.8, 4) is 5.75 Å². The van der Waals surface area contributed by atoms with E-state index in [-0.39, 0.29) is 0 Å². The van der Waals surface area contributed by atoms with E-state index in [1.165, 1.54) is 23.5 Å². The smallest absolute Gasteiger partial charge is 0.130 e. The molecule has 1 saturated heterocycles. The first-order valence-electron chi connectivity index (χ1n) is 7.71. The molecule has 0 amide bonds. The minimum absolute atomic E-state index is 0.513. The molecule has 1 fully saturated rings. The van der Waals surface area contributed by atoms with Crippen molar-refractivity contribution < 1.29 is 4.74 Å². The number of thioether (sulfide) groups is 1. The van der Waals surface area contributed by atoms with Crippen molar-refractivity contribution in [3.63, 3.8) is 0 Å². The maximum absolute atomic E-state index is 5.77. The lowest BCUT2D eigenvalue weighted by Crippen LogP contribution is -2.30. The number of benzene rings is 1. The molecule has 0 saturated carbocycles. The molecule has 116 valence electrons. The number of pyridine rings is 1. The van der Waals surface area contributed by atoms with E-state index in [2.05, 4.69) is 53.0 Å². The van der Waals surface area contributed by atoms with Crippen molar-refractivity contribution in [1.82, 2.24) is 9.88 Å². The number of nitrogens with zero attached hydrogens (tertiary/aromatic N) is 2. The van der Waals surface area contributed by atoms with Crippen LogP contribution < -0.4 is 4.74 Å². The number of ether oxygens (including phenoxy) is 1. The van der Waals surface area contributed by atoms with E-state index >= 15 is 0 Å². The second-order valence-electron chi connectivity index (χ2n) is 5.69. The predicted octanol–water partition coefficient (Wildman–Crippen LogP) is 3.60. The highest BCUT2D eigenvalue weighted by Crippen LogP contribution is 2.23. The Morgan fingerprint density at radius 2 is 2.09 bits per heavy atom. The van der Waals surface area contributed by atoms with Gasteiger partial charge in [0, 0.05) is 24.5 Å². The highest BCUT2D eigenvalue weighted by molar-refractivity contribution is 7.99. The molecule has 1 aromatic heterocycles. The molecule has 22 heavy (non-hydrogen) atoms. The highest BCUT2D eigenvalue weighted by atomic mass is 32.2. The standard InChI is InChI=1S/C18H22N2OS/c1-20(17-9-11-22-14-17)12-15-5-7-18(8-6-15)21-13-16-4-2-3-10-19-16/h2-8,10,17H,9,11-14H2,1H3. The van der Waals surface area contributed by atoms with Crippen LogP contribution in [0.1, 0.15) is 17.7 Å². The van der Waals surface area contributed by atoms with Crippen LogP contribution in [0.2, 0.25) is 0 Å². The Balaban J connectivity index is 1.51. The van der Waals surface area contributed by atoms with E-state index < -0.39 is 0 Å². The lowest BCUT2D eigenvalue weighted by atomic mass is 10.1. The van der Waals surface area contributed by atoms with Crippen LogP contribution in [-0.2, 0) is 13.2 Å². The number of hydrogen-bond acceptors (Lipinski definition) is 4. The fourth-order valence-electron chi connectivity index (χ4n) is 2.62. The molecular weight excluding hydrogens is 292 g/mol. The van der Waals surface area contributed by atoms with Crippen LogP contribution in [0.25, 0.3) is 0 Å². The molecule has 3 nitrogen and oxygen atoms in total. The lowest BCUT2D eigenvalue weighted by molar-refractivity contribution is 0.254. The third-order valence-corrected chi connectivity index (χ3v) is 5.14. The van der Waals surface area contributed by atoms with Gasteiger partial charge in [0.05, 0.1) is 5.69 Å². The predicted molar refractivity (Wildman–Crippen MR) is 92.2 cm³/mol. The zero-order chi connectivity index (χ0) is 15.2. The number of rotatable bonds is 6. The first-order chi connectivity index (χ1) is 10.8. The Kier molecular flexibility index (Phi) is 5.35. The second kappa shape index (κ2) is 7.65. The number of hydrogen-bond donors (Lipinski definition) is 0. The largest absolute Gasteiger partial charge is 0.487 e. The number of aromatic nitrogens is 1. The Morgan fingerprint density at radius 3 is 2.77 bits per heavy atom. The molecule has 1 aliphatic rings. The van der Waals surface area contributed by atoms with Gasteiger partial charge in [-0.3, -0.25) is 9.88 Å². The van der Waals surface area contributed by atoms with Crippen molar-refractivity contribution in [1.29, 1.82) is 0 Å². The first-order valence-corrected chi connectivity index (χ1v) is 8.86. The highest BCUT2D eigenvalue weighted by Gasteiger charge is 2.19. The summed E-state index contributed by atoms with van der Waals surface area (Å²) in [6.07, 6.45) is 3.10. The van der Waals surface area contributed by atoms with Gasteiger partial charge in [0.1, 0.15) is 12.4 Å². The van der Waals surface area contributed by atoms with E-state index in [9.17, 15) is 0 Å². The molecule has 0 bridgehead atoms. The van der Waals surface area contributed by atoms with Crippen molar-refractivity contribution in [2.75, 3.05) is 18.6 Å². The van der Waals surface area contributed by atoms with Gasteiger partial charge in [-0.2, -0.15) is 11.8 Å². The first kappa shape index (κ1) is 15.4. The van der Waals surface area contributed by atoms with Crippen LogP contribution in [0.5, 0.6) is 5.75 Å². The molecule has 4 heteroatoms. The molecule has 1 atom stereocenters. The van der Waals surface area contributed by atoms with E-state index in [0.717, 1.165) is 24.0 Å². The maximum Gasteiger partial charge on any atom is 0.130 e. The summed E-state index contributed by atoms with van der Waals surface area (Å²) < 4.78 is 5.77. The molecule has 2 aromatic rings. The van der Waals surface area contributed by atoms with Crippen molar-refractivity contribution in [2.24, 2.45) is 0 Å². The van der Waals surface area contributed by atoms with Crippen molar-refractivity contribution in [3.05, 3.63) is 59.9 Å². The Bertz CT molecular complexity index is 567. The van der Waals surface area contributed by atoms with Gasteiger partial charge in [0.25, 0.3) is 0 Å². The summed E-state index contributed by atoms with van der Waals surface area (Å²) in [6.45, 7) is 1.52. The van der Waals surface area contributed by atoms with E-state index in [1.54, 1.807) is 6.20 Å². The molecule has 1 aliphatic heterocycles. The average molecular weight is 314 g/mol. The van der Waals surface area contributed by atoms with Crippen LogP contribution in [0.3, 0.4) is 0 Å². The van der Waals surface area contributed by atoms with Crippen LogP contribution in [0, 0.1) is 0 Å². The molecule has 0 spiro atoms. The SMILES string of the molecule is CN(Cc1ccc(OCc2ccccn2)cc1)C1CCSC1. The molecule has 1 aromatic carbocycles. The topological polar surface area (TPSA) is 25.4 Å². The Morgan fingerprint density at radius 1 is 1.23 bits per heavy atom. The van der Waals surface area contributed by atoms with Gasteiger partial charge >= 0.3 is 0 Å². The zero-order valence-electron chi connectivity index (χ0n) is 12.9. The Labute approximate surface area is 136 Å². The van der Waals surface area contributed by atoms with Gasteiger partial charge in [0.15, 0.2) is 0 Å². The second-order valence-corrected chi connectivity index (χ2v) is 6.84. The summed E-state index contributed by atoms with van der Waals surface area (Å²) in [4.78, 5) is 6.72. The van der Waals surface area contributed by atoms with Gasteiger partial charge in [0.2, 0.25) is 0 Å². The van der Waals surface area contributed by atoms with Gasteiger partial charge < -0.3 is 4.74 Å². The minimum Gasteiger partial charge on any atom is -0.487 e. The lowest BCUT2D eigenvalue weighted by Gasteiger charge is -2.23. The average Bonchev–Trinajstić information content (AvgIpc) is 3.10. The van der Waals surface area contributed by atoms with E-state index in [4.69, 9.17) is 4.74 Å². The van der Waals surface area contributed by atoms with Crippen LogP contribution >= 0.6 is 11.8 Å². The zero-order valence-corrected chi connectivity index (χ0v) is 13.8. The summed E-state index contributed by atoms with van der Waals surface area (Å²) in [5, 5.41) is 0. The normalized spacial score (nSPS) is 17.8. The molecule has 2 heterocycles. The van der Waals surface area contributed by atoms with Crippen LogP contribution in [0.4, 0.5) is 0 Å². The van der Waals surface area contributed by atoms with Crippen LogP contribution in [0.15, 0.2) is 48.7 Å². The summed E-state index contributed by atoms with van der Waals surface area (Å²) >= 11 is 2.06. The summed E-state index contributed by atoms with van der Waals surface area (Å²) in [5.41, 5.74) is 2.29. The fourth-order valence-corrected chi connectivity index (χ4v) is 3.92. The minimum atomic E-state index is 0.513. The molecular formula is C18H22N2OS. The monoisotopic (exact) mass is 314 g/mol. The van der Waals surface area contributed by atoms with Crippen LogP contribution in [-0.4, -0.2) is 34.5 Å². The van der Waals surface area contributed by atoms with E-state index in [0.29, 0.717) is 6.61 Å². The van der Waals surface area contributed by atoms with Gasteiger partial charge in [-0.25, -0.2) is 0 Å². The quantitative estimate of drug-likeness (QED) is 0.813. The van der Waals surface area contributed by atoms with E-state index in [1.807, 2.05) is 18.2 Å². The van der Waals surface area contributed by atoms with Gasteiger partial charge in [-0.05, 0) is 49.1 Å².